The van der Waals surface area contributed by atoms with Gasteiger partial charge in [0, 0.05) is 11.3 Å². The SMILES string of the molecule is C=CC(=O)C1C=CCC(c2ccccc2)(c2ccc(C(F)(F)F)cc2)C1. The van der Waals surface area contributed by atoms with E-state index >= 15 is 0 Å². The number of alkyl halides is 3. The third-order valence-corrected chi connectivity index (χ3v) is 5.06. The first-order valence-electron chi connectivity index (χ1n) is 8.43. The Labute approximate surface area is 150 Å². The van der Waals surface area contributed by atoms with Gasteiger partial charge in [0.1, 0.15) is 0 Å². The number of benzene rings is 2. The predicted molar refractivity (Wildman–Crippen MR) is 95.7 cm³/mol. The summed E-state index contributed by atoms with van der Waals surface area (Å²) < 4.78 is 38.8. The molecule has 2 aromatic rings. The number of carbonyl (C=O) groups excluding carboxylic acids is 1. The molecule has 0 saturated heterocycles. The Bertz CT molecular complexity index is 819. The molecule has 0 heterocycles. The van der Waals surface area contributed by atoms with Crippen molar-refractivity contribution in [2.75, 3.05) is 0 Å². The average Bonchev–Trinajstić information content (AvgIpc) is 2.67. The van der Waals surface area contributed by atoms with E-state index in [0.29, 0.717) is 12.8 Å². The largest absolute Gasteiger partial charge is 0.416 e. The summed E-state index contributed by atoms with van der Waals surface area (Å²) in [4.78, 5) is 12.2. The molecule has 0 saturated carbocycles. The summed E-state index contributed by atoms with van der Waals surface area (Å²) >= 11 is 0. The van der Waals surface area contributed by atoms with E-state index in [1.807, 2.05) is 42.5 Å². The Kier molecular flexibility index (Phi) is 4.86. The van der Waals surface area contributed by atoms with E-state index in [-0.39, 0.29) is 11.7 Å². The summed E-state index contributed by atoms with van der Waals surface area (Å²) in [7, 11) is 0. The molecule has 4 heteroatoms. The topological polar surface area (TPSA) is 17.1 Å². The van der Waals surface area contributed by atoms with Crippen molar-refractivity contribution in [2.45, 2.75) is 24.4 Å². The predicted octanol–water partition coefficient (Wildman–Crippen LogP) is 5.71. The normalized spacial score (nSPS) is 22.8. The van der Waals surface area contributed by atoms with Gasteiger partial charge in [0.15, 0.2) is 5.78 Å². The molecule has 134 valence electrons. The monoisotopic (exact) mass is 356 g/mol. The van der Waals surface area contributed by atoms with Gasteiger partial charge in [-0.05, 0) is 42.2 Å². The Morgan fingerprint density at radius 3 is 2.23 bits per heavy atom. The van der Waals surface area contributed by atoms with E-state index in [1.165, 1.54) is 18.2 Å². The maximum Gasteiger partial charge on any atom is 0.416 e. The van der Waals surface area contributed by atoms with Gasteiger partial charge in [-0.15, -0.1) is 0 Å². The molecule has 2 aromatic carbocycles. The van der Waals surface area contributed by atoms with Crippen molar-refractivity contribution in [3.05, 3.63) is 96.1 Å². The van der Waals surface area contributed by atoms with Crippen LogP contribution in [-0.4, -0.2) is 5.78 Å². The summed E-state index contributed by atoms with van der Waals surface area (Å²) in [5.41, 5.74) is 0.562. The maximum absolute atomic E-state index is 12.9. The van der Waals surface area contributed by atoms with Crippen molar-refractivity contribution in [2.24, 2.45) is 5.92 Å². The molecule has 0 radical (unpaired) electrons. The van der Waals surface area contributed by atoms with Crippen LogP contribution in [0.1, 0.15) is 29.5 Å². The third-order valence-electron chi connectivity index (χ3n) is 5.06. The zero-order chi connectivity index (χ0) is 18.8. The van der Waals surface area contributed by atoms with Crippen LogP contribution >= 0.6 is 0 Å². The lowest BCUT2D eigenvalue weighted by molar-refractivity contribution is -0.137. The Balaban J connectivity index is 2.09. The molecule has 26 heavy (non-hydrogen) atoms. The number of ketones is 1. The molecule has 1 aliphatic carbocycles. The van der Waals surface area contributed by atoms with Crippen molar-refractivity contribution in [3.8, 4) is 0 Å². The van der Waals surface area contributed by atoms with E-state index in [1.54, 1.807) is 0 Å². The molecule has 1 aliphatic rings. The molecule has 0 aliphatic heterocycles. The fraction of sp³-hybridized carbons (Fsp3) is 0.227. The summed E-state index contributed by atoms with van der Waals surface area (Å²) in [5, 5.41) is 0. The zero-order valence-corrected chi connectivity index (χ0v) is 14.2. The molecular weight excluding hydrogens is 337 g/mol. The lowest BCUT2D eigenvalue weighted by Gasteiger charge is -2.39. The van der Waals surface area contributed by atoms with Gasteiger partial charge < -0.3 is 0 Å². The van der Waals surface area contributed by atoms with Crippen molar-refractivity contribution in [3.63, 3.8) is 0 Å². The summed E-state index contributed by atoms with van der Waals surface area (Å²) in [5.74, 6) is -0.406. The molecule has 1 nitrogen and oxygen atoms in total. The highest BCUT2D eigenvalue weighted by molar-refractivity contribution is 5.92. The highest BCUT2D eigenvalue weighted by atomic mass is 19.4. The molecule has 0 spiro atoms. The Hall–Kier alpha value is -2.62. The zero-order valence-electron chi connectivity index (χ0n) is 14.2. The fourth-order valence-corrected chi connectivity index (χ4v) is 3.68. The smallest absolute Gasteiger partial charge is 0.294 e. The number of carbonyl (C=O) groups is 1. The lowest BCUT2D eigenvalue weighted by Crippen LogP contribution is -2.34. The number of rotatable bonds is 4. The van der Waals surface area contributed by atoms with Crippen LogP contribution in [0.4, 0.5) is 13.2 Å². The second-order valence-corrected chi connectivity index (χ2v) is 6.57. The van der Waals surface area contributed by atoms with E-state index in [2.05, 4.69) is 6.58 Å². The fourth-order valence-electron chi connectivity index (χ4n) is 3.68. The highest BCUT2D eigenvalue weighted by Crippen LogP contribution is 2.45. The molecule has 3 rings (SSSR count). The standard InChI is InChI=1S/C22H19F3O/c1-2-20(26)16-7-6-14-21(15-16,17-8-4-3-5-9-17)18-10-12-19(13-11-18)22(23,24)25/h2-13,16H,1,14-15H2. The number of allylic oxidation sites excluding steroid dienone is 3. The van der Waals surface area contributed by atoms with Gasteiger partial charge in [-0.1, -0.05) is 61.2 Å². The van der Waals surface area contributed by atoms with Crippen LogP contribution in [0, 0.1) is 5.92 Å². The molecule has 2 atom stereocenters. The minimum absolute atomic E-state index is 0.0758. The van der Waals surface area contributed by atoms with Crippen molar-refractivity contribution >= 4 is 5.78 Å². The van der Waals surface area contributed by atoms with Gasteiger partial charge in [0.25, 0.3) is 0 Å². The van der Waals surface area contributed by atoms with Gasteiger partial charge in [0.05, 0.1) is 5.56 Å². The minimum atomic E-state index is -4.37. The first-order valence-corrected chi connectivity index (χ1v) is 8.43. The van der Waals surface area contributed by atoms with E-state index in [9.17, 15) is 18.0 Å². The van der Waals surface area contributed by atoms with Crippen LogP contribution in [0.5, 0.6) is 0 Å². The first-order chi connectivity index (χ1) is 12.4. The van der Waals surface area contributed by atoms with Crippen LogP contribution in [0.2, 0.25) is 0 Å². The Morgan fingerprint density at radius 1 is 1.04 bits per heavy atom. The van der Waals surface area contributed by atoms with Gasteiger partial charge in [-0.25, -0.2) is 0 Å². The number of hydrogen-bond acceptors (Lipinski definition) is 1. The van der Waals surface area contributed by atoms with Gasteiger partial charge in [0.2, 0.25) is 0 Å². The lowest BCUT2D eigenvalue weighted by atomic mass is 9.64. The molecule has 0 aromatic heterocycles. The quantitative estimate of drug-likeness (QED) is 0.506. The first kappa shape index (κ1) is 18.2. The van der Waals surface area contributed by atoms with Crippen LogP contribution in [0.25, 0.3) is 0 Å². The van der Waals surface area contributed by atoms with Crippen LogP contribution in [0.3, 0.4) is 0 Å². The molecule has 2 unspecified atom stereocenters. The molecular formula is C22H19F3O. The molecule has 0 amide bonds. The number of hydrogen-bond donors (Lipinski definition) is 0. The summed E-state index contributed by atoms with van der Waals surface area (Å²) in [6.07, 6.45) is 1.89. The van der Waals surface area contributed by atoms with E-state index in [0.717, 1.165) is 23.3 Å². The van der Waals surface area contributed by atoms with Gasteiger partial charge >= 0.3 is 6.18 Å². The summed E-state index contributed by atoms with van der Waals surface area (Å²) in [6, 6.07) is 14.9. The van der Waals surface area contributed by atoms with Crippen molar-refractivity contribution in [1.82, 2.24) is 0 Å². The average molecular weight is 356 g/mol. The Morgan fingerprint density at radius 2 is 1.65 bits per heavy atom. The maximum atomic E-state index is 12.9. The van der Waals surface area contributed by atoms with E-state index < -0.39 is 17.2 Å². The second-order valence-electron chi connectivity index (χ2n) is 6.57. The molecule has 0 bridgehead atoms. The van der Waals surface area contributed by atoms with Gasteiger partial charge in [-0.3, -0.25) is 4.79 Å². The highest BCUT2D eigenvalue weighted by Gasteiger charge is 2.39. The third kappa shape index (κ3) is 3.36. The minimum Gasteiger partial charge on any atom is -0.294 e. The number of halogens is 3. The second kappa shape index (κ2) is 6.94. The van der Waals surface area contributed by atoms with Crippen molar-refractivity contribution < 1.29 is 18.0 Å². The molecule has 0 N–H and O–H groups in total. The molecule has 0 fully saturated rings. The van der Waals surface area contributed by atoms with E-state index in [4.69, 9.17) is 0 Å². The summed E-state index contributed by atoms with van der Waals surface area (Å²) in [6.45, 7) is 3.56. The van der Waals surface area contributed by atoms with Gasteiger partial charge in [-0.2, -0.15) is 13.2 Å². The van der Waals surface area contributed by atoms with Crippen LogP contribution < -0.4 is 0 Å². The van der Waals surface area contributed by atoms with Crippen LogP contribution in [0.15, 0.2) is 79.4 Å². The van der Waals surface area contributed by atoms with Crippen molar-refractivity contribution in [1.29, 1.82) is 0 Å². The van der Waals surface area contributed by atoms with Crippen LogP contribution in [-0.2, 0) is 16.4 Å².